The number of hydrogen-bond acceptors (Lipinski definition) is 5. The highest BCUT2D eigenvalue weighted by molar-refractivity contribution is 7.98. The Morgan fingerprint density at radius 1 is 1.03 bits per heavy atom. The molecule has 0 aliphatic carbocycles. The monoisotopic (exact) mass is 499 g/mol. The Morgan fingerprint density at radius 2 is 1.77 bits per heavy atom. The number of fused-ring (bicyclic) bond motifs is 1. The molecule has 0 N–H and O–H groups in total. The number of thioether (sulfide) groups is 1. The van der Waals surface area contributed by atoms with Crippen LogP contribution in [0.5, 0.6) is 0 Å². The van der Waals surface area contributed by atoms with Gasteiger partial charge < -0.3 is 14.2 Å². The summed E-state index contributed by atoms with van der Waals surface area (Å²) in [4.78, 5) is 22.8. The van der Waals surface area contributed by atoms with Gasteiger partial charge in [0.2, 0.25) is 0 Å². The second-order valence-corrected chi connectivity index (χ2v) is 9.12. The topological polar surface area (TPSA) is 49.6 Å². The summed E-state index contributed by atoms with van der Waals surface area (Å²) in [6.07, 6.45) is -0.951. The number of rotatable bonds is 7. The van der Waals surface area contributed by atoms with E-state index < -0.39 is 17.6 Å². The first-order valence-electron chi connectivity index (χ1n) is 10.8. The van der Waals surface area contributed by atoms with E-state index in [1.54, 1.807) is 28.8 Å². The number of furan rings is 1. The van der Waals surface area contributed by atoms with Crippen molar-refractivity contribution in [2.45, 2.75) is 24.2 Å². The number of carbonyl (C=O) groups is 1. The van der Waals surface area contributed by atoms with Crippen molar-refractivity contribution in [1.29, 1.82) is 0 Å². The molecule has 2 aromatic heterocycles. The zero-order chi connectivity index (χ0) is 25.2. The first kappa shape index (κ1) is 24.7. The van der Waals surface area contributed by atoms with Crippen LogP contribution in [0, 0.1) is 0 Å². The average molecular weight is 500 g/mol. The van der Waals surface area contributed by atoms with E-state index in [0.717, 1.165) is 33.5 Å². The standard InChI is InChI=1S/C26H24F3N3O2S/c1-31(2)24-19(13-18-8-11-22(35-3)14-23(18)30-24)15-32(16-21-5-4-12-34-21)25(33)17-6-9-20(10-7-17)26(27,28)29/h4-14H,15-16H2,1-3H3. The van der Waals surface area contributed by atoms with Gasteiger partial charge in [-0.05, 0) is 60.9 Å². The van der Waals surface area contributed by atoms with Crippen molar-refractivity contribution >= 4 is 34.4 Å². The van der Waals surface area contributed by atoms with Gasteiger partial charge in [0.1, 0.15) is 11.6 Å². The lowest BCUT2D eigenvalue weighted by Crippen LogP contribution is -2.31. The van der Waals surface area contributed by atoms with E-state index in [4.69, 9.17) is 9.40 Å². The van der Waals surface area contributed by atoms with E-state index in [-0.39, 0.29) is 18.7 Å². The molecule has 2 aromatic carbocycles. The van der Waals surface area contributed by atoms with Crippen molar-refractivity contribution in [2.75, 3.05) is 25.3 Å². The van der Waals surface area contributed by atoms with Crippen LogP contribution in [0.2, 0.25) is 0 Å². The van der Waals surface area contributed by atoms with Crippen LogP contribution in [-0.4, -0.2) is 36.1 Å². The molecule has 0 bridgehead atoms. The molecule has 0 atom stereocenters. The fourth-order valence-corrected chi connectivity index (χ4v) is 4.22. The molecule has 5 nitrogen and oxygen atoms in total. The summed E-state index contributed by atoms with van der Waals surface area (Å²) < 4.78 is 44.4. The first-order valence-corrected chi connectivity index (χ1v) is 12.0. The molecule has 0 spiro atoms. The quantitative estimate of drug-likeness (QED) is 0.273. The van der Waals surface area contributed by atoms with Gasteiger partial charge in [-0.3, -0.25) is 4.79 Å². The van der Waals surface area contributed by atoms with Crippen molar-refractivity contribution in [3.05, 3.63) is 89.4 Å². The molecule has 182 valence electrons. The van der Waals surface area contributed by atoms with E-state index >= 15 is 0 Å². The third kappa shape index (κ3) is 5.62. The van der Waals surface area contributed by atoms with E-state index in [1.165, 1.54) is 18.4 Å². The maximum Gasteiger partial charge on any atom is 0.416 e. The number of nitrogens with zero attached hydrogens (tertiary/aromatic N) is 3. The molecule has 0 radical (unpaired) electrons. The van der Waals surface area contributed by atoms with Crippen molar-refractivity contribution in [2.24, 2.45) is 0 Å². The molecule has 0 fully saturated rings. The lowest BCUT2D eigenvalue weighted by molar-refractivity contribution is -0.137. The summed E-state index contributed by atoms with van der Waals surface area (Å²) in [6, 6.07) is 15.8. The van der Waals surface area contributed by atoms with Gasteiger partial charge in [0, 0.05) is 35.5 Å². The number of carbonyl (C=O) groups excluding carboxylic acids is 1. The van der Waals surface area contributed by atoms with Gasteiger partial charge in [-0.15, -0.1) is 11.8 Å². The van der Waals surface area contributed by atoms with E-state index in [2.05, 4.69) is 0 Å². The third-order valence-corrected chi connectivity index (χ3v) is 6.26. The highest BCUT2D eigenvalue weighted by atomic mass is 32.2. The van der Waals surface area contributed by atoms with Crippen LogP contribution in [0.15, 0.2) is 76.2 Å². The second kappa shape index (κ2) is 10.0. The Balaban J connectivity index is 1.72. The lowest BCUT2D eigenvalue weighted by atomic mass is 10.1. The van der Waals surface area contributed by atoms with E-state index in [0.29, 0.717) is 11.6 Å². The molecule has 0 saturated carbocycles. The second-order valence-electron chi connectivity index (χ2n) is 8.24. The fraction of sp³-hybridized carbons (Fsp3) is 0.231. The Bertz CT molecular complexity index is 1320. The Labute approximate surface area is 205 Å². The summed E-state index contributed by atoms with van der Waals surface area (Å²) in [5.74, 6) is 0.869. The van der Waals surface area contributed by atoms with Crippen LogP contribution < -0.4 is 4.90 Å². The molecular weight excluding hydrogens is 475 g/mol. The molecule has 0 saturated heterocycles. The van der Waals surface area contributed by atoms with E-state index in [1.807, 2.05) is 49.5 Å². The van der Waals surface area contributed by atoms with Gasteiger partial charge in [-0.1, -0.05) is 6.07 Å². The van der Waals surface area contributed by atoms with Gasteiger partial charge in [-0.2, -0.15) is 13.2 Å². The van der Waals surface area contributed by atoms with Crippen molar-refractivity contribution in [3.8, 4) is 0 Å². The Hall–Kier alpha value is -3.46. The number of alkyl halides is 3. The smallest absolute Gasteiger partial charge is 0.416 e. The highest BCUT2D eigenvalue weighted by Crippen LogP contribution is 2.30. The summed E-state index contributed by atoms with van der Waals surface area (Å²) in [7, 11) is 3.76. The number of aromatic nitrogens is 1. The number of pyridine rings is 1. The first-order chi connectivity index (χ1) is 16.7. The molecule has 4 rings (SSSR count). The maximum absolute atomic E-state index is 13.4. The zero-order valence-corrected chi connectivity index (χ0v) is 20.3. The van der Waals surface area contributed by atoms with Crippen LogP contribution in [0.25, 0.3) is 10.9 Å². The number of hydrogen-bond donors (Lipinski definition) is 0. The molecule has 0 aliphatic heterocycles. The predicted molar refractivity (Wildman–Crippen MR) is 132 cm³/mol. The highest BCUT2D eigenvalue weighted by Gasteiger charge is 2.30. The lowest BCUT2D eigenvalue weighted by Gasteiger charge is -2.25. The summed E-state index contributed by atoms with van der Waals surface area (Å²) in [5.41, 5.74) is 1.02. The maximum atomic E-state index is 13.4. The average Bonchev–Trinajstić information content (AvgIpc) is 3.35. The van der Waals surface area contributed by atoms with Crippen molar-refractivity contribution in [1.82, 2.24) is 9.88 Å². The van der Waals surface area contributed by atoms with Crippen LogP contribution in [-0.2, 0) is 19.3 Å². The van der Waals surface area contributed by atoms with Gasteiger partial charge in [0.25, 0.3) is 5.91 Å². The minimum atomic E-state index is -4.47. The number of anilines is 1. The summed E-state index contributed by atoms with van der Waals surface area (Å²) in [6.45, 7) is 0.352. The summed E-state index contributed by atoms with van der Waals surface area (Å²) in [5, 5.41) is 0.934. The van der Waals surface area contributed by atoms with Gasteiger partial charge >= 0.3 is 6.18 Å². The SMILES string of the molecule is CSc1ccc2cc(CN(Cc3ccco3)C(=O)c3ccc(C(F)(F)F)cc3)c(N(C)C)nc2c1. The van der Waals surface area contributed by atoms with Crippen LogP contribution >= 0.6 is 11.8 Å². The minimum absolute atomic E-state index is 0.156. The summed E-state index contributed by atoms with van der Waals surface area (Å²) >= 11 is 1.63. The molecule has 35 heavy (non-hydrogen) atoms. The molecule has 4 aromatic rings. The van der Waals surface area contributed by atoms with Crippen LogP contribution in [0.4, 0.5) is 19.0 Å². The zero-order valence-electron chi connectivity index (χ0n) is 19.5. The third-order valence-electron chi connectivity index (χ3n) is 5.54. The van der Waals surface area contributed by atoms with Crippen LogP contribution in [0.1, 0.15) is 27.2 Å². The van der Waals surface area contributed by atoms with Gasteiger partial charge in [0.05, 0.1) is 30.4 Å². The largest absolute Gasteiger partial charge is 0.467 e. The Morgan fingerprint density at radius 3 is 2.37 bits per heavy atom. The minimum Gasteiger partial charge on any atom is -0.467 e. The molecule has 2 heterocycles. The Kier molecular flexibility index (Phi) is 7.07. The molecule has 9 heteroatoms. The van der Waals surface area contributed by atoms with Gasteiger partial charge in [0.15, 0.2) is 0 Å². The van der Waals surface area contributed by atoms with Crippen molar-refractivity contribution in [3.63, 3.8) is 0 Å². The van der Waals surface area contributed by atoms with Gasteiger partial charge in [-0.25, -0.2) is 4.98 Å². The number of halogens is 3. The predicted octanol–water partition coefficient (Wildman–Crippen LogP) is 6.48. The van der Waals surface area contributed by atoms with Crippen LogP contribution in [0.3, 0.4) is 0 Å². The molecular formula is C26H24F3N3O2S. The fourth-order valence-electron chi connectivity index (χ4n) is 3.79. The van der Waals surface area contributed by atoms with Crippen molar-refractivity contribution < 1.29 is 22.4 Å². The number of benzene rings is 2. The number of amides is 1. The molecule has 1 amide bonds. The molecule has 0 aliphatic rings. The molecule has 0 unspecified atom stereocenters. The van der Waals surface area contributed by atoms with E-state index in [9.17, 15) is 18.0 Å². The normalized spacial score (nSPS) is 11.6.